The van der Waals surface area contributed by atoms with Crippen molar-refractivity contribution >= 4 is 0 Å². The molecule has 0 fully saturated rings. The van der Waals surface area contributed by atoms with Crippen LogP contribution in [0.4, 0.5) is 0 Å². The SMILES string of the molecule is CCC(N)C(C)Oc1ccc(C)cc1. The van der Waals surface area contributed by atoms with E-state index in [4.69, 9.17) is 10.5 Å². The van der Waals surface area contributed by atoms with Gasteiger partial charge in [-0.3, -0.25) is 0 Å². The highest BCUT2D eigenvalue weighted by Crippen LogP contribution is 2.14. The van der Waals surface area contributed by atoms with E-state index < -0.39 is 0 Å². The van der Waals surface area contributed by atoms with Gasteiger partial charge in [-0.05, 0) is 32.4 Å². The van der Waals surface area contributed by atoms with Gasteiger partial charge in [0, 0.05) is 6.04 Å². The van der Waals surface area contributed by atoms with Crippen molar-refractivity contribution in [2.45, 2.75) is 39.3 Å². The molecule has 2 heteroatoms. The van der Waals surface area contributed by atoms with Gasteiger partial charge in [-0.1, -0.05) is 24.6 Å². The van der Waals surface area contributed by atoms with E-state index >= 15 is 0 Å². The molecule has 0 heterocycles. The molecular weight excluding hydrogens is 174 g/mol. The normalized spacial score (nSPS) is 14.9. The van der Waals surface area contributed by atoms with Crippen LogP contribution in [0, 0.1) is 6.92 Å². The predicted molar refractivity (Wildman–Crippen MR) is 59.5 cm³/mol. The molecule has 0 aliphatic carbocycles. The first-order valence-electron chi connectivity index (χ1n) is 5.12. The summed E-state index contributed by atoms with van der Waals surface area (Å²) in [7, 11) is 0. The smallest absolute Gasteiger partial charge is 0.119 e. The van der Waals surface area contributed by atoms with Gasteiger partial charge in [-0.2, -0.15) is 0 Å². The lowest BCUT2D eigenvalue weighted by Gasteiger charge is -2.20. The fourth-order valence-corrected chi connectivity index (χ4v) is 1.25. The summed E-state index contributed by atoms with van der Waals surface area (Å²) in [6.45, 7) is 6.14. The molecule has 14 heavy (non-hydrogen) atoms. The minimum atomic E-state index is 0.0720. The van der Waals surface area contributed by atoms with Gasteiger partial charge in [0.25, 0.3) is 0 Å². The summed E-state index contributed by atoms with van der Waals surface area (Å²) in [4.78, 5) is 0. The molecule has 0 saturated carbocycles. The van der Waals surface area contributed by atoms with E-state index in [1.807, 2.05) is 31.2 Å². The Morgan fingerprint density at radius 2 is 1.86 bits per heavy atom. The highest BCUT2D eigenvalue weighted by Gasteiger charge is 2.11. The summed E-state index contributed by atoms with van der Waals surface area (Å²) in [5.74, 6) is 0.895. The van der Waals surface area contributed by atoms with Crippen LogP contribution in [0.1, 0.15) is 25.8 Å². The lowest BCUT2D eigenvalue weighted by Crippen LogP contribution is -2.35. The highest BCUT2D eigenvalue weighted by molar-refractivity contribution is 5.26. The van der Waals surface area contributed by atoms with Crippen molar-refractivity contribution in [3.63, 3.8) is 0 Å². The summed E-state index contributed by atoms with van der Waals surface area (Å²) in [5, 5.41) is 0. The van der Waals surface area contributed by atoms with Crippen LogP contribution in [0.3, 0.4) is 0 Å². The molecule has 2 nitrogen and oxygen atoms in total. The lowest BCUT2D eigenvalue weighted by atomic mass is 10.1. The van der Waals surface area contributed by atoms with Gasteiger partial charge in [0.05, 0.1) is 0 Å². The zero-order valence-electron chi connectivity index (χ0n) is 9.16. The number of ether oxygens (including phenoxy) is 1. The van der Waals surface area contributed by atoms with Crippen LogP contribution >= 0.6 is 0 Å². The Balaban J connectivity index is 2.56. The van der Waals surface area contributed by atoms with Crippen molar-refractivity contribution in [3.8, 4) is 5.75 Å². The fourth-order valence-electron chi connectivity index (χ4n) is 1.25. The average Bonchev–Trinajstić information content (AvgIpc) is 2.20. The van der Waals surface area contributed by atoms with Gasteiger partial charge in [-0.25, -0.2) is 0 Å². The van der Waals surface area contributed by atoms with Crippen LogP contribution in [0.5, 0.6) is 5.75 Å². The van der Waals surface area contributed by atoms with Crippen LogP contribution in [-0.4, -0.2) is 12.1 Å². The van der Waals surface area contributed by atoms with Crippen molar-refractivity contribution < 1.29 is 4.74 Å². The molecule has 1 aromatic rings. The monoisotopic (exact) mass is 193 g/mol. The molecule has 0 bridgehead atoms. The van der Waals surface area contributed by atoms with Crippen LogP contribution in [0.15, 0.2) is 24.3 Å². The van der Waals surface area contributed by atoms with Crippen LogP contribution in [0.25, 0.3) is 0 Å². The Morgan fingerprint density at radius 1 is 1.29 bits per heavy atom. The van der Waals surface area contributed by atoms with Crippen molar-refractivity contribution in [2.75, 3.05) is 0 Å². The van der Waals surface area contributed by atoms with Gasteiger partial charge >= 0.3 is 0 Å². The quantitative estimate of drug-likeness (QED) is 0.797. The summed E-state index contributed by atoms with van der Waals surface area (Å²) in [5.41, 5.74) is 7.11. The van der Waals surface area contributed by atoms with Crippen molar-refractivity contribution in [1.82, 2.24) is 0 Å². The Labute approximate surface area is 86.1 Å². The van der Waals surface area contributed by atoms with Crippen molar-refractivity contribution in [2.24, 2.45) is 5.73 Å². The van der Waals surface area contributed by atoms with Crippen LogP contribution < -0.4 is 10.5 Å². The van der Waals surface area contributed by atoms with Crippen molar-refractivity contribution in [1.29, 1.82) is 0 Å². The molecule has 78 valence electrons. The molecule has 2 atom stereocenters. The molecule has 0 aliphatic rings. The van der Waals surface area contributed by atoms with Gasteiger partial charge in [-0.15, -0.1) is 0 Å². The standard InChI is InChI=1S/C12H19NO/c1-4-12(13)10(3)14-11-7-5-9(2)6-8-11/h5-8,10,12H,4,13H2,1-3H3. The molecule has 2 N–H and O–H groups in total. The van der Waals surface area contributed by atoms with Crippen molar-refractivity contribution in [3.05, 3.63) is 29.8 Å². The fraction of sp³-hybridized carbons (Fsp3) is 0.500. The van der Waals surface area contributed by atoms with E-state index in [0.29, 0.717) is 0 Å². The minimum Gasteiger partial charge on any atom is -0.489 e. The number of aryl methyl sites for hydroxylation is 1. The highest BCUT2D eigenvalue weighted by atomic mass is 16.5. The van der Waals surface area contributed by atoms with Gasteiger partial charge in [0.15, 0.2) is 0 Å². The Hall–Kier alpha value is -1.02. The maximum atomic E-state index is 5.87. The maximum absolute atomic E-state index is 5.87. The molecule has 0 aliphatic heterocycles. The third-order valence-electron chi connectivity index (χ3n) is 2.42. The minimum absolute atomic E-state index is 0.0720. The van der Waals surface area contributed by atoms with E-state index in [1.54, 1.807) is 0 Å². The number of nitrogens with two attached hydrogens (primary N) is 1. The molecule has 1 rings (SSSR count). The maximum Gasteiger partial charge on any atom is 0.119 e. The average molecular weight is 193 g/mol. The number of hydrogen-bond acceptors (Lipinski definition) is 2. The summed E-state index contributed by atoms with van der Waals surface area (Å²) < 4.78 is 5.70. The molecule has 1 aromatic carbocycles. The summed E-state index contributed by atoms with van der Waals surface area (Å²) >= 11 is 0. The topological polar surface area (TPSA) is 35.2 Å². The van der Waals surface area contributed by atoms with Gasteiger partial charge < -0.3 is 10.5 Å². The number of rotatable bonds is 4. The first kappa shape index (κ1) is 11.1. The van der Waals surface area contributed by atoms with E-state index in [0.717, 1.165) is 12.2 Å². The first-order chi connectivity index (χ1) is 6.63. The second-order valence-corrected chi connectivity index (χ2v) is 3.71. The van der Waals surface area contributed by atoms with Crippen LogP contribution in [0.2, 0.25) is 0 Å². The molecule has 0 aromatic heterocycles. The largest absolute Gasteiger partial charge is 0.489 e. The molecule has 2 unspecified atom stereocenters. The van der Waals surface area contributed by atoms with Gasteiger partial charge in [0.1, 0.15) is 11.9 Å². The molecule has 0 spiro atoms. The number of benzene rings is 1. The second kappa shape index (κ2) is 5.01. The third kappa shape index (κ3) is 3.04. The first-order valence-corrected chi connectivity index (χ1v) is 5.12. The zero-order chi connectivity index (χ0) is 10.6. The number of hydrogen-bond donors (Lipinski definition) is 1. The van der Waals surface area contributed by atoms with E-state index in [2.05, 4.69) is 13.8 Å². The summed E-state index contributed by atoms with van der Waals surface area (Å²) in [6.07, 6.45) is 1.01. The summed E-state index contributed by atoms with van der Waals surface area (Å²) in [6, 6.07) is 8.15. The Bertz CT molecular complexity index is 268. The molecule has 0 saturated heterocycles. The Morgan fingerprint density at radius 3 is 2.36 bits per heavy atom. The molecule has 0 radical (unpaired) electrons. The Kier molecular flexibility index (Phi) is 3.96. The molecule has 0 amide bonds. The van der Waals surface area contributed by atoms with E-state index in [-0.39, 0.29) is 12.1 Å². The third-order valence-corrected chi connectivity index (χ3v) is 2.42. The van der Waals surface area contributed by atoms with Gasteiger partial charge in [0.2, 0.25) is 0 Å². The molecular formula is C12H19NO. The van der Waals surface area contributed by atoms with E-state index in [1.165, 1.54) is 5.56 Å². The predicted octanol–water partition coefficient (Wildman–Crippen LogP) is 2.50. The van der Waals surface area contributed by atoms with E-state index in [9.17, 15) is 0 Å². The second-order valence-electron chi connectivity index (χ2n) is 3.71. The van der Waals surface area contributed by atoms with Crippen LogP contribution in [-0.2, 0) is 0 Å². The lowest BCUT2D eigenvalue weighted by molar-refractivity contribution is 0.187. The zero-order valence-corrected chi connectivity index (χ0v) is 9.16.